The third-order valence-corrected chi connectivity index (χ3v) is 2.21. The van der Waals surface area contributed by atoms with E-state index in [9.17, 15) is 14.0 Å². The summed E-state index contributed by atoms with van der Waals surface area (Å²) in [5.41, 5.74) is 0.482. The van der Waals surface area contributed by atoms with Crippen LogP contribution in [0.15, 0.2) is 24.3 Å². The van der Waals surface area contributed by atoms with Crippen molar-refractivity contribution in [3.63, 3.8) is 0 Å². The first kappa shape index (κ1) is 14.7. The van der Waals surface area contributed by atoms with Gasteiger partial charge in [0, 0.05) is 13.1 Å². The predicted octanol–water partition coefficient (Wildman–Crippen LogP) is 1.14. The SMILES string of the molecule is CNC(=O)COC(=O)/C=C/c1ccc(OC)c(F)c1. The molecule has 102 valence electrons. The number of likely N-dealkylation sites (N-methyl/N-ethyl adjacent to an activating group) is 1. The second-order valence-corrected chi connectivity index (χ2v) is 3.51. The van der Waals surface area contributed by atoms with E-state index in [0.717, 1.165) is 6.08 Å². The summed E-state index contributed by atoms with van der Waals surface area (Å²) in [6, 6.07) is 4.26. The molecule has 1 amide bonds. The number of halogens is 1. The molecule has 0 fully saturated rings. The van der Waals surface area contributed by atoms with Crippen molar-refractivity contribution >= 4 is 18.0 Å². The van der Waals surface area contributed by atoms with Gasteiger partial charge in [0.05, 0.1) is 7.11 Å². The molecule has 0 atom stereocenters. The van der Waals surface area contributed by atoms with Crippen molar-refractivity contribution in [3.05, 3.63) is 35.7 Å². The van der Waals surface area contributed by atoms with Gasteiger partial charge in [-0.25, -0.2) is 9.18 Å². The van der Waals surface area contributed by atoms with Gasteiger partial charge in [0.15, 0.2) is 18.2 Å². The van der Waals surface area contributed by atoms with Gasteiger partial charge in [0.25, 0.3) is 5.91 Å². The van der Waals surface area contributed by atoms with Gasteiger partial charge in [-0.05, 0) is 23.8 Å². The van der Waals surface area contributed by atoms with E-state index in [0.29, 0.717) is 5.56 Å². The Labute approximate surface area is 110 Å². The first-order valence-electron chi connectivity index (χ1n) is 5.45. The molecule has 0 aliphatic heterocycles. The van der Waals surface area contributed by atoms with Gasteiger partial charge >= 0.3 is 5.97 Å². The number of ether oxygens (including phenoxy) is 2. The number of carbonyl (C=O) groups is 2. The van der Waals surface area contributed by atoms with Crippen LogP contribution in [-0.4, -0.2) is 32.6 Å². The molecular formula is C13H14FNO4. The average Bonchev–Trinajstić information content (AvgIpc) is 2.42. The van der Waals surface area contributed by atoms with Crippen molar-refractivity contribution in [3.8, 4) is 5.75 Å². The Bertz CT molecular complexity index is 499. The zero-order valence-corrected chi connectivity index (χ0v) is 10.6. The maximum atomic E-state index is 13.3. The maximum Gasteiger partial charge on any atom is 0.331 e. The van der Waals surface area contributed by atoms with Crippen molar-refractivity contribution < 1.29 is 23.5 Å². The summed E-state index contributed by atoms with van der Waals surface area (Å²) in [6.45, 7) is -0.351. The molecule has 0 radical (unpaired) electrons. The van der Waals surface area contributed by atoms with Gasteiger partial charge in [0.1, 0.15) is 0 Å². The van der Waals surface area contributed by atoms with Gasteiger partial charge in [-0.2, -0.15) is 0 Å². The number of rotatable bonds is 5. The fourth-order valence-electron chi connectivity index (χ4n) is 1.21. The molecule has 0 saturated carbocycles. The van der Waals surface area contributed by atoms with Gasteiger partial charge in [-0.15, -0.1) is 0 Å². The highest BCUT2D eigenvalue weighted by Gasteiger charge is 2.04. The first-order chi connectivity index (χ1) is 9.06. The molecular weight excluding hydrogens is 253 g/mol. The van der Waals surface area contributed by atoms with E-state index in [4.69, 9.17) is 4.74 Å². The first-order valence-corrected chi connectivity index (χ1v) is 5.45. The molecule has 5 nitrogen and oxygen atoms in total. The van der Waals surface area contributed by atoms with E-state index in [2.05, 4.69) is 10.1 Å². The second-order valence-electron chi connectivity index (χ2n) is 3.51. The lowest BCUT2D eigenvalue weighted by Gasteiger charge is -2.02. The van der Waals surface area contributed by atoms with Crippen LogP contribution in [0.2, 0.25) is 0 Å². The van der Waals surface area contributed by atoms with Crippen LogP contribution in [0.4, 0.5) is 4.39 Å². The fraction of sp³-hybridized carbons (Fsp3) is 0.231. The van der Waals surface area contributed by atoms with Gasteiger partial charge < -0.3 is 14.8 Å². The predicted molar refractivity (Wildman–Crippen MR) is 67.0 cm³/mol. The molecule has 1 N–H and O–H groups in total. The van der Waals surface area contributed by atoms with Crippen molar-refractivity contribution in [1.29, 1.82) is 0 Å². The minimum Gasteiger partial charge on any atom is -0.494 e. The average molecular weight is 267 g/mol. The van der Waals surface area contributed by atoms with Crippen molar-refractivity contribution in [2.45, 2.75) is 0 Å². The zero-order chi connectivity index (χ0) is 14.3. The molecule has 1 rings (SSSR count). The third kappa shape index (κ3) is 4.79. The van der Waals surface area contributed by atoms with E-state index in [1.807, 2.05) is 0 Å². The number of amides is 1. The van der Waals surface area contributed by atoms with Crippen LogP contribution in [-0.2, 0) is 14.3 Å². The van der Waals surface area contributed by atoms with Crippen LogP contribution in [0.5, 0.6) is 5.75 Å². The summed E-state index contributed by atoms with van der Waals surface area (Å²) in [5.74, 6) is -1.49. The lowest BCUT2D eigenvalue weighted by molar-refractivity contribution is -0.143. The molecule has 0 heterocycles. The highest BCUT2D eigenvalue weighted by Crippen LogP contribution is 2.18. The van der Waals surface area contributed by atoms with E-state index in [1.54, 1.807) is 6.07 Å². The summed E-state index contributed by atoms with van der Waals surface area (Å²) >= 11 is 0. The highest BCUT2D eigenvalue weighted by atomic mass is 19.1. The quantitative estimate of drug-likeness (QED) is 0.641. The van der Waals surface area contributed by atoms with Crippen LogP contribution in [0.3, 0.4) is 0 Å². The number of carbonyl (C=O) groups excluding carboxylic acids is 2. The van der Waals surface area contributed by atoms with E-state index < -0.39 is 17.7 Å². The Morgan fingerprint density at radius 1 is 1.42 bits per heavy atom. The standard InChI is InChI=1S/C13H14FNO4/c1-15-12(16)8-19-13(17)6-4-9-3-5-11(18-2)10(14)7-9/h3-7H,8H2,1-2H3,(H,15,16)/b6-4+. The smallest absolute Gasteiger partial charge is 0.331 e. The summed E-state index contributed by atoms with van der Waals surface area (Å²) < 4.78 is 22.7. The fourth-order valence-corrected chi connectivity index (χ4v) is 1.21. The van der Waals surface area contributed by atoms with Crippen LogP contribution in [0.1, 0.15) is 5.56 Å². The second kappa shape index (κ2) is 7.15. The zero-order valence-electron chi connectivity index (χ0n) is 10.6. The molecule has 0 bridgehead atoms. The minimum atomic E-state index is -0.681. The molecule has 1 aromatic carbocycles. The minimum absolute atomic E-state index is 0.124. The number of hydrogen-bond acceptors (Lipinski definition) is 4. The molecule has 6 heteroatoms. The Balaban J connectivity index is 2.58. The lowest BCUT2D eigenvalue weighted by atomic mass is 10.2. The molecule has 0 aromatic heterocycles. The number of hydrogen-bond donors (Lipinski definition) is 1. The molecule has 0 saturated heterocycles. The lowest BCUT2D eigenvalue weighted by Crippen LogP contribution is -2.24. The van der Waals surface area contributed by atoms with Gasteiger partial charge in [0.2, 0.25) is 0 Å². The normalized spacial score (nSPS) is 10.3. The number of esters is 1. The van der Waals surface area contributed by atoms with Gasteiger partial charge in [-0.3, -0.25) is 4.79 Å². The molecule has 1 aromatic rings. The van der Waals surface area contributed by atoms with Crippen molar-refractivity contribution in [2.75, 3.05) is 20.8 Å². The third-order valence-electron chi connectivity index (χ3n) is 2.21. The Hall–Kier alpha value is -2.37. The Kier molecular flexibility index (Phi) is 5.53. The van der Waals surface area contributed by atoms with Crippen LogP contribution >= 0.6 is 0 Å². The van der Waals surface area contributed by atoms with Crippen molar-refractivity contribution in [1.82, 2.24) is 5.32 Å². The number of methoxy groups -OCH3 is 1. The molecule has 0 spiro atoms. The largest absolute Gasteiger partial charge is 0.494 e. The van der Waals surface area contributed by atoms with E-state index in [-0.39, 0.29) is 12.4 Å². The van der Waals surface area contributed by atoms with Crippen LogP contribution in [0, 0.1) is 5.82 Å². The summed E-state index contributed by atoms with van der Waals surface area (Å²) in [7, 11) is 2.80. The van der Waals surface area contributed by atoms with Crippen molar-refractivity contribution in [2.24, 2.45) is 0 Å². The highest BCUT2D eigenvalue weighted by molar-refractivity contribution is 5.89. The maximum absolute atomic E-state index is 13.3. The van der Waals surface area contributed by atoms with E-state index in [1.165, 1.54) is 32.4 Å². The summed E-state index contributed by atoms with van der Waals surface area (Å²) in [4.78, 5) is 22.1. The monoisotopic (exact) mass is 267 g/mol. The Morgan fingerprint density at radius 2 is 2.16 bits per heavy atom. The topological polar surface area (TPSA) is 64.6 Å². The van der Waals surface area contributed by atoms with Crippen LogP contribution < -0.4 is 10.1 Å². The number of nitrogens with one attached hydrogen (secondary N) is 1. The summed E-state index contributed by atoms with van der Waals surface area (Å²) in [5, 5.41) is 2.31. The molecule has 0 unspecified atom stereocenters. The van der Waals surface area contributed by atoms with Gasteiger partial charge in [-0.1, -0.05) is 6.07 Å². The molecule has 0 aliphatic carbocycles. The molecule has 0 aliphatic rings. The molecule has 19 heavy (non-hydrogen) atoms. The van der Waals surface area contributed by atoms with Crippen LogP contribution in [0.25, 0.3) is 6.08 Å². The Morgan fingerprint density at radius 3 is 2.74 bits per heavy atom. The van der Waals surface area contributed by atoms with E-state index >= 15 is 0 Å². The summed E-state index contributed by atoms with van der Waals surface area (Å²) in [6.07, 6.45) is 2.50. The number of benzene rings is 1.